The Hall–Kier alpha value is -1.62. The molecule has 0 bridgehead atoms. The fourth-order valence-electron chi connectivity index (χ4n) is 2.33. The standard InChI is InChI=1S/C18H24BrN3O/c1-2-3-4-5-6-10-13-15-21-17(20)16(19)18(22-15)23-14-11-8-7-9-12-14/h7-9,11-12H,2-6,10,13H2,1H3,(H2,20,21,22). The van der Waals surface area contributed by atoms with E-state index in [2.05, 4.69) is 32.8 Å². The molecule has 2 N–H and O–H groups in total. The number of rotatable bonds is 9. The van der Waals surface area contributed by atoms with Crippen LogP contribution in [0.2, 0.25) is 0 Å². The molecule has 1 aromatic carbocycles. The van der Waals surface area contributed by atoms with Crippen molar-refractivity contribution in [3.63, 3.8) is 0 Å². The minimum atomic E-state index is 0.423. The minimum Gasteiger partial charge on any atom is -0.438 e. The van der Waals surface area contributed by atoms with Gasteiger partial charge in [0, 0.05) is 6.42 Å². The number of ether oxygens (including phenoxy) is 1. The van der Waals surface area contributed by atoms with E-state index in [4.69, 9.17) is 10.5 Å². The van der Waals surface area contributed by atoms with Crippen molar-refractivity contribution < 1.29 is 4.74 Å². The van der Waals surface area contributed by atoms with Gasteiger partial charge in [0.1, 0.15) is 21.9 Å². The van der Waals surface area contributed by atoms with Crippen molar-refractivity contribution in [2.45, 2.75) is 51.9 Å². The molecule has 0 aliphatic rings. The first kappa shape index (κ1) is 17.7. The van der Waals surface area contributed by atoms with Crippen molar-refractivity contribution in [3.05, 3.63) is 40.6 Å². The average molecular weight is 378 g/mol. The molecule has 0 amide bonds. The third-order valence-electron chi connectivity index (χ3n) is 3.60. The number of anilines is 1. The molecular weight excluding hydrogens is 354 g/mol. The molecule has 4 nitrogen and oxygen atoms in total. The maximum absolute atomic E-state index is 5.97. The minimum absolute atomic E-state index is 0.423. The van der Waals surface area contributed by atoms with E-state index in [1.165, 1.54) is 32.1 Å². The lowest BCUT2D eigenvalue weighted by molar-refractivity contribution is 0.454. The molecule has 1 aromatic heterocycles. The van der Waals surface area contributed by atoms with Crippen LogP contribution in [-0.4, -0.2) is 9.97 Å². The predicted molar refractivity (Wildman–Crippen MR) is 97.7 cm³/mol. The molecule has 0 unspecified atom stereocenters. The second kappa shape index (κ2) is 9.50. The molecule has 0 radical (unpaired) electrons. The Kier molecular flexibility index (Phi) is 7.33. The quantitative estimate of drug-likeness (QED) is 0.584. The van der Waals surface area contributed by atoms with Crippen molar-refractivity contribution in [1.82, 2.24) is 9.97 Å². The van der Waals surface area contributed by atoms with Gasteiger partial charge in [0.05, 0.1) is 0 Å². The molecule has 0 spiro atoms. The highest BCUT2D eigenvalue weighted by Crippen LogP contribution is 2.31. The fraction of sp³-hybridized carbons (Fsp3) is 0.444. The summed E-state index contributed by atoms with van der Waals surface area (Å²) in [6.45, 7) is 2.23. The molecule has 2 rings (SSSR count). The number of hydrogen-bond donors (Lipinski definition) is 1. The molecule has 1 heterocycles. The summed E-state index contributed by atoms with van der Waals surface area (Å²) < 4.78 is 6.42. The van der Waals surface area contributed by atoms with E-state index in [-0.39, 0.29) is 0 Å². The lowest BCUT2D eigenvalue weighted by Crippen LogP contribution is -2.03. The van der Waals surface area contributed by atoms with Gasteiger partial charge in [-0.25, -0.2) is 4.98 Å². The summed E-state index contributed by atoms with van der Waals surface area (Å²) in [5, 5.41) is 0. The summed E-state index contributed by atoms with van der Waals surface area (Å²) in [7, 11) is 0. The molecule has 0 atom stereocenters. The number of para-hydroxylation sites is 1. The van der Waals surface area contributed by atoms with Crippen LogP contribution in [0, 0.1) is 0 Å². The van der Waals surface area contributed by atoms with Gasteiger partial charge in [-0.15, -0.1) is 0 Å². The van der Waals surface area contributed by atoms with Crippen molar-refractivity contribution in [2.75, 3.05) is 5.73 Å². The lowest BCUT2D eigenvalue weighted by atomic mass is 10.1. The zero-order chi connectivity index (χ0) is 16.5. The number of benzene rings is 1. The van der Waals surface area contributed by atoms with E-state index in [0.717, 1.165) is 24.4 Å². The number of aryl methyl sites for hydroxylation is 1. The monoisotopic (exact) mass is 377 g/mol. The molecular formula is C18H24BrN3O. The van der Waals surface area contributed by atoms with Gasteiger partial charge >= 0.3 is 0 Å². The third kappa shape index (κ3) is 5.82. The predicted octanol–water partition coefficient (Wildman–Crippen LogP) is 5.52. The molecule has 0 saturated heterocycles. The van der Waals surface area contributed by atoms with E-state index in [1.54, 1.807) is 0 Å². The fourth-order valence-corrected chi connectivity index (χ4v) is 2.59. The second-order valence-corrected chi connectivity index (χ2v) is 6.37. The van der Waals surface area contributed by atoms with Crippen LogP contribution in [0.4, 0.5) is 5.82 Å². The summed E-state index contributed by atoms with van der Waals surface area (Å²) in [4.78, 5) is 8.85. The summed E-state index contributed by atoms with van der Waals surface area (Å²) in [6.07, 6.45) is 8.28. The molecule has 5 heteroatoms. The highest BCUT2D eigenvalue weighted by Gasteiger charge is 2.12. The van der Waals surface area contributed by atoms with Crippen LogP contribution in [0.5, 0.6) is 11.6 Å². The van der Waals surface area contributed by atoms with Gasteiger partial charge in [0.25, 0.3) is 0 Å². The van der Waals surface area contributed by atoms with Gasteiger partial charge in [0.2, 0.25) is 5.88 Å². The number of aromatic nitrogens is 2. The highest BCUT2D eigenvalue weighted by molar-refractivity contribution is 9.10. The zero-order valence-electron chi connectivity index (χ0n) is 13.6. The van der Waals surface area contributed by atoms with Gasteiger partial charge in [-0.3, -0.25) is 0 Å². The Morgan fingerprint density at radius 2 is 1.70 bits per heavy atom. The van der Waals surface area contributed by atoms with Crippen LogP contribution in [0.1, 0.15) is 51.3 Å². The Bertz CT molecular complexity index is 605. The van der Waals surface area contributed by atoms with Crippen molar-refractivity contribution in [3.8, 4) is 11.6 Å². The van der Waals surface area contributed by atoms with Crippen molar-refractivity contribution >= 4 is 21.7 Å². The first-order chi connectivity index (χ1) is 11.2. The topological polar surface area (TPSA) is 61.0 Å². The van der Waals surface area contributed by atoms with Gasteiger partial charge in [-0.2, -0.15) is 4.98 Å². The van der Waals surface area contributed by atoms with Crippen LogP contribution >= 0.6 is 15.9 Å². The van der Waals surface area contributed by atoms with Crippen LogP contribution in [0.15, 0.2) is 34.8 Å². The van der Waals surface area contributed by atoms with Gasteiger partial charge in [-0.05, 0) is 34.5 Å². The number of halogens is 1. The smallest absolute Gasteiger partial charge is 0.239 e. The summed E-state index contributed by atoms with van der Waals surface area (Å²) in [5.74, 6) is 2.38. The van der Waals surface area contributed by atoms with E-state index in [1.807, 2.05) is 30.3 Å². The molecule has 0 aliphatic heterocycles. The lowest BCUT2D eigenvalue weighted by Gasteiger charge is -2.10. The summed E-state index contributed by atoms with van der Waals surface area (Å²) in [6, 6.07) is 9.56. The third-order valence-corrected chi connectivity index (χ3v) is 4.35. The Labute approximate surface area is 146 Å². The SMILES string of the molecule is CCCCCCCCc1nc(N)c(Br)c(Oc2ccccc2)n1. The van der Waals surface area contributed by atoms with Crippen molar-refractivity contribution in [2.24, 2.45) is 0 Å². The average Bonchev–Trinajstić information content (AvgIpc) is 2.56. The summed E-state index contributed by atoms with van der Waals surface area (Å²) in [5.41, 5.74) is 5.97. The van der Waals surface area contributed by atoms with Crippen molar-refractivity contribution in [1.29, 1.82) is 0 Å². The number of unbranched alkanes of at least 4 members (excludes halogenated alkanes) is 5. The maximum atomic E-state index is 5.97. The van der Waals surface area contributed by atoms with Crippen LogP contribution in [0.3, 0.4) is 0 Å². The number of nitrogens with zero attached hydrogens (tertiary/aromatic N) is 2. The van der Waals surface area contributed by atoms with Gasteiger partial charge in [0.15, 0.2) is 0 Å². The molecule has 0 fully saturated rings. The van der Waals surface area contributed by atoms with Crippen LogP contribution in [-0.2, 0) is 6.42 Å². The Morgan fingerprint density at radius 1 is 1.00 bits per heavy atom. The number of nitrogen functional groups attached to an aromatic ring is 1. The molecule has 0 saturated carbocycles. The molecule has 0 aliphatic carbocycles. The first-order valence-electron chi connectivity index (χ1n) is 8.25. The largest absolute Gasteiger partial charge is 0.438 e. The molecule has 2 aromatic rings. The normalized spacial score (nSPS) is 10.7. The second-order valence-electron chi connectivity index (χ2n) is 5.58. The zero-order valence-corrected chi connectivity index (χ0v) is 15.2. The Balaban J connectivity index is 1.96. The van der Waals surface area contributed by atoms with Crippen LogP contribution in [0.25, 0.3) is 0 Å². The van der Waals surface area contributed by atoms with E-state index >= 15 is 0 Å². The number of hydrogen-bond acceptors (Lipinski definition) is 4. The van der Waals surface area contributed by atoms with Crippen LogP contribution < -0.4 is 10.5 Å². The Morgan fingerprint density at radius 3 is 2.43 bits per heavy atom. The first-order valence-corrected chi connectivity index (χ1v) is 9.04. The maximum Gasteiger partial charge on any atom is 0.239 e. The van der Waals surface area contributed by atoms with E-state index < -0.39 is 0 Å². The highest BCUT2D eigenvalue weighted by atomic mass is 79.9. The molecule has 23 heavy (non-hydrogen) atoms. The molecule has 124 valence electrons. The number of nitrogens with two attached hydrogens (primary N) is 1. The van der Waals surface area contributed by atoms with Gasteiger partial charge < -0.3 is 10.5 Å². The summed E-state index contributed by atoms with van der Waals surface area (Å²) >= 11 is 3.41. The van der Waals surface area contributed by atoms with E-state index in [0.29, 0.717) is 16.2 Å². The van der Waals surface area contributed by atoms with Gasteiger partial charge in [-0.1, -0.05) is 57.2 Å². The van der Waals surface area contributed by atoms with E-state index in [9.17, 15) is 0 Å².